The summed E-state index contributed by atoms with van der Waals surface area (Å²) in [5.41, 5.74) is 0.456. The maximum atomic E-state index is 13.1. The first-order chi connectivity index (χ1) is 12.6. The second kappa shape index (κ2) is 8.91. The van der Waals surface area contributed by atoms with Crippen LogP contribution in [0.2, 0.25) is 0 Å². The van der Waals surface area contributed by atoms with Gasteiger partial charge < -0.3 is 10.2 Å². The Morgan fingerprint density at radius 1 is 1.12 bits per heavy atom. The van der Waals surface area contributed by atoms with Crippen molar-refractivity contribution in [2.24, 2.45) is 0 Å². The van der Waals surface area contributed by atoms with Gasteiger partial charge in [0.2, 0.25) is 11.8 Å². The Balaban J connectivity index is 1.39. The van der Waals surface area contributed by atoms with E-state index < -0.39 is 0 Å². The fourth-order valence-corrected chi connectivity index (χ4v) is 3.68. The molecule has 1 fully saturated rings. The third-order valence-corrected chi connectivity index (χ3v) is 5.30. The largest absolute Gasteiger partial charge is 0.340 e. The van der Waals surface area contributed by atoms with Crippen molar-refractivity contribution in [3.63, 3.8) is 0 Å². The predicted molar refractivity (Wildman–Crippen MR) is 101 cm³/mol. The summed E-state index contributed by atoms with van der Waals surface area (Å²) in [6.07, 6.45) is 1.31. The Morgan fingerprint density at radius 2 is 1.92 bits per heavy atom. The van der Waals surface area contributed by atoms with E-state index in [0.717, 1.165) is 6.42 Å². The first-order valence-electron chi connectivity index (χ1n) is 8.68. The second-order valence-electron chi connectivity index (χ2n) is 6.29. The smallest absolute Gasteiger partial charge is 0.238 e. The summed E-state index contributed by atoms with van der Waals surface area (Å²) in [5.74, 6) is -0.382. The second-order valence-corrected chi connectivity index (χ2v) is 7.33. The van der Waals surface area contributed by atoms with Gasteiger partial charge in [-0.2, -0.15) is 0 Å². The molecule has 1 N–H and O–H groups in total. The van der Waals surface area contributed by atoms with Gasteiger partial charge in [0.1, 0.15) is 5.82 Å². The lowest BCUT2D eigenvalue weighted by Crippen LogP contribution is -2.50. The zero-order valence-electron chi connectivity index (χ0n) is 14.5. The van der Waals surface area contributed by atoms with E-state index in [1.165, 1.54) is 17.0 Å². The summed E-state index contributed by atoms with van der Waals surface area (Å²) in [6.45, 7) is 2.85. The number of amides is 2. The molecular formula is C19H22FN3O2S. The zero-order valence-corrected chi connectivity index (χ0v) is 15.3. The van der Waals surface area contributed by atoms with E-state index in [-0.39, 0.29) is 24.2 Å². The molecule has 0 aliphatic carbocycles. The van der Waals surface area contributed by atoms with E-state index in [9.17, 15) is 14.0 Å². The summed E-state index contributed by atoms with van der Waals surface area (Å²) in [5, 5.41) is 4.72. The molecule has 3 rings (SSSR count). The van der Waals surface area contributed by atoms with Crippen LogP contribution in [0.15, 0.2) is 41.8 Å². The van der Waals surface area contributed by atoms with E-state index in [1.54, 1.807) is 23.5 Å². The van der Waals surface area contributed by atoms with E-state index >= 15 is 0 Å². The molecular weight excluding hydrogens is 353 g/mol. The van der Waals surface area contributed by atoms with E-state index in [2.05, 4.69) is 5.32 Å². The van der Waals surface area contributed by atoms with Gasteiger partial charge in [0, 0.05) is 43.2 Å². The minimum atomic E-state index is -0.377. The van der Waals surface area contributed by atoms with Crippen molar-refractivity contribution < 1.29 is 14.0 Å². The molecule has 2 amide bonds. The number of piperazine rings is 1. The highest BCUT2D eigenvalue weighted by molar-refractivity contribution is 7.09. The predicted octanol–water partition coefficient (Wildman–Crippen LogP) is 2.60. The lowest BCUT2D eigenvalue weighted by Gasteiger charge is -2.34. The van der Waals surface area contributed by atoms with Crippen LogP contribution in [0.1, 0.15) is 11.3 Å². The van der Waals surface area contributed by atoms with Crippen molar-refractivity contribution in [1.29, 1.82) is 0 Å². The average Bonchev–Trinajstić information content (AvgIpc) is 3.14. The van der Waals surface area contributed by atoms with Crippen LogP contribution in [0.25, 0.3) is 0 Å². The van der Waals surface area contributed by atoms with Crippen LogP contribution in [-0.2, 0) is 16.0 Å². The molecule has 1 aromatic carbocycles. The molecule has 0 atom stereocenters. The van der Waals surface area contributed by atoms with Gasteiger partial charge in [0.05, 0.1) is 6.54 Å². The fourth-order valence-electron chi connectivity index (χ4n) is 2.97. The van der Waals surface area contributed by atoms with E-state index in [4.69, 9.17) is 0 Å². The first kappa shape index (κ1) is 18.5. The van der Waals surface area contributed by atoms with Gasteiger partial charge in [0.15, 0.2) is 0 Å². The SMILES string of the molecule is O=C(CN1CCN(C(=O)CCc2cccs2)CC1)Nc1cccc(F)c1. The molecule has 138 valence electrons. The van der Waals surface area contributed by atoms with Gasteiger partial charge >= 0.3 is 0 Å². The minimum absolute atomic E-state index is 0.169. The molecule has 1 aliphatic rings. The normalized spacial score (nSPS) is 15.0. The highest BCUT2D eigenvalue weighted by Gasteiger charge is 2.22. The quantitative estimate of drug-likeness (QED) is 0.844. The third kappa shape index (κ3) is 5.37. The summed E-state index contributed by atoms with van der Waals surface area (Å²) in [6, 6.07) is 9.90. The zero-order chi connectivity index (χ0) is 18.4. The Hall–Kier alpha value is -2.25. The molecule has 5 nitrogen and oxygen atoms in total. The molecule has 0 saturated carbocycles. The Kier molecular flexibility index (Phi) is 6.35. The standard InChI is InChI=1S/C19H22FN3O2S/c20-15-3-1-4-16(13-15)21-18(24)14-22-8-10-23(11-9-22)19(25)7-6-17-5-2-12-26-17/h1-5,12-13H,6-11,14H2,(H,21,24). The van der Waals surface area contributed by atoms with Crippen LogP contribution in [-0.4, -0.2) is 54.3 Å². The monoisotopic (exact) mass is 375 g/mol. The number of benzene rings is 1. The summed E-state index contributed by atoms with van der Waals surface area (Å²) in [4.78, 5) is 29.5. The number of nitrogens with zero attached hydrogens (tertiary/aromatic N) is 2. The number of thiophene rings is 1. The first-order valence-corrected chi connectivity index (χ1v) is 9.56. The number of anilines is 1. The molecule has 1 saturated heterocycles. The highest BCUT2D eigenvalue weighted by atomic mass is 32.1. The molecule has 0 radical (unpaired) electrons. The summed E-state index contributed by atoms with van der Waals surface area (Å²) in [7, 11) is 0. The molecule has 0 bridgehead atoms. The van der Waals surface area contributed by atoms with Gasteiger partial charge in [0.25, 0.3) is 0 Å². The van der Waals surface area contributed by atoms with Crippen LogP contribution in [0.5, 0.6) is 0 Å². The van der Waals surface area contributed by atoms with Gasteiger partial charge in [-0.15, -0.1) is 11.3 Å². The van der Waals surface area contributed by atoms with Crippen molar-refractivity contribution in [1.82, 2.24) is 9.80 Å². The minimum Gasteiger partial charge on any atom is -0.340 e. The number of nitrogens with one attached hydrogen (secondary N) is 1. The van der Waals surface area contributed by atoms with E-state index in [0.29, 0.717) is 38.3 Å². The molecule has 2 aromatic rings. The van der Waals surface area contributed by atoms with Crippen molar-refractivity contribution in [3.05, 3.63) is 52.5 Å². The van der Waals surface area contributed by atoms with Crippen LogP contribution >= 0.6 is 11.3 Å². The Morgan fingerprint density at radius 3 is 2.62 bits per heavy atom. The van der Waals surface area contributed by atoms with Crippen molar-refractivity contribution >= 4 is 28.8 Å². The topological polar surface area (TPSA) is 52.7 Å². The van der Waals surface area contributed by atoms with Crippen LogP contribution < -0.4 is 5.32 Å². The third-order valence-electron chi connectivity index (χ3n) is 4.37. The molecule has 1 aromatic heterocycles. The molecule has 0 unspecified atom stereocenters. The summed E-state index contributed by atoms with van der Waals surface area (Å²) < 4.78 is 13.1. The lowest BCUT2D eigenvalue weighted by atomic mass is 10.2. The van der Waals surface area contributed by atoms with Gasteiger partial charge in [-0.3, -0.25) is 14.5 Å². The number of hydrogen-bond donors (Lipinski definition) is 1. The number of halogens is 1. The van der Waals surface area contributed by atoms with Crippen LogP contribution in [0.3, 0.4) is 0 Å². The van der Waals surface area contributed by atoms with Crippen LogP contribution in [0, 0.1) is 5.82 Å². The number of rotatable bonds is 6. The Labute approximate surface area is 156 Å². The van der Waals surface area contributed by atoms with Gasteiger partial charge in [-0.05, 0) is 36.1 Å². The van der Waals surface area contributed by atoms with Crippen molar-refractivity contribution in [2.75, 3.05) is 38.0 Å². The number of carbonyl (C=O) groups is 2. The van der Waals surface area contributed by atoms with Gasteiger partial charge in [-0.1, -0.05) is 12.1 Å². The average molecular weight is 375 g/mol. The van der Waals surface area contributed by atoms with Crippen molar-refractivity contribution in [2.45, 2.75) is 12.8 Å². The molecule has 1 aliphatic heterocycles. The van der Waals surface area contributed by atoms with E-state index in [1.807, 2.05) is 27.3 Å². The van der Waals surface area contributed by atoms with Crippen LogP contribution in [0.4, 0.5) is 10.1 Å². The number of carbonyl (C=O) groups excluding carboxylic acids is 2. The maximum Gasteiger partial charge on any atom is 0.238 e. The molecule has 7 heteroatoms. The lowest BCUT2D eigenvalue weighted by molar-refractivity contribution is -0.133. The Bertz CT molecular complexity index is 743. The number of hydrogen-bond acceptors (Lipinski definition) is 4. The summed E-state index contributed by atoms with van der Waals surface area (Å²) >= 11 is 1.67. The molecule has 0 spiro atoms. The van der Waals surface area contributed by atoms with Gasteiger partial charge in [-0.25, -0.2) is 4.39 Å². The van der Waals surface area contributed by atoms with Crippen molar-refractivity contribution in [3.8, 4) is 0 Å². The fraction of sp³-hybridized carbons (Fsp3) is 0.368. The highest BCUT2D eigenvalue weighted by Crippen LogP contribution is 2.13. The molecule has 2 heterocycles. The number of aryl methyl sites for hydroxylation is 1. The maximum absolute atomic E-state index is 13.1. The molecule has 26 heavy (non-hydrogen) atoms.